The van der Waals surface area contributed by atoms with Gasteiger partial charge in [-0.3, -0.25) is 4.98 Å². The van der Waals surface area contributed by atoms with E-state index in [1.165, 1.54) is 12.1 Å². The Morgan fingerprint density at radius 1 is 1.20 bits per heavy atom. The molecule has 0 aliphatic heterocycles. The number of benzene rings is 1. The van der Waals surface area contributed by atoms with Gasteiger partial charge in [-0.05, 0) is 32.0 Å². The van der Waals surface area contributed by atoms with Gasteiger partial charge in [-0.1, -0.05) is 12.2 Å². The fourth-order valence-electron chi connectivity index (χ4n) is 1.97. The average Bonchev–Trinajstić information content (AvgIpc) is 2.31. The highest BCUT2D eigenvalue weighted by Crippen LogP contribution is 2.26. The van der Waals surface area contributed by atoms with Crippen molar-refractivity contribution in [2.45, 2.75) is 13.8 Å². The summed E-state index contributed by atoms with van der Waals surface area (Å²) in [6.45, 7) is 3.58. The molecule has 6 heteroatoms. The van der Waals surface area contributed by atoms with Crippen molar-refractivity contribution in [1.82, 2.24) is 4.98 Å². The Kier molecular flexibility index (Phi) is 3.94. The van der Waals surface area contributed by atoms with Crippen LogP contribution < -0.4 is 11.1 Å². The van der Waals surface area contributed by atoms with E-state index in [1.54, 1.807) is 13.0 Å². The minimum Gasteiger partial charge on any atom is -0.389 e. The molecule has 0 atom stereocenters. The molecule has 2 rings (SSSR count). The molecule has 3 nitrogen and oxygen atoms in total. The van der Waals surface area contributed by atoms with Gasteiger partial charge in [0.1, 0.15) is 16.6 Å². The van der Waals surface area contributed by atoms with Gasteiger partial charge in [0.25, 0.3) is 0 Å². The summed E-state index contributed by atoms with van der Waals surface area (Å²) in [5, 5.41) is 2.88. The van der Waals surface area contributed by atoms with Gasteiger partial charge in [0, 0.05) is 17.5 Å². The van der Waals surface area contributed by atoms with Crippen molar-refractivity contribution < 1.29 is 8.78 Å². The summed E-state index contributed by atoms with van der Waals surface area (Å²) >= 11 is 4.99. The SMILES string of the molecule is Cc1cc(Nc2ccc(F)cc2F)c(C(N)=S)c(C)n1. The minimum absolute atomic E-state index is 0.147. The molecule has 1 heterocycles. The molecule has 20 heavy (non-hydrogen) atoms. The van der Waals surface area contributed by atoms with Crippen molar-refractivity contribution in [2.24, 2.45) is 5.73 Å². The molecule has 1 aromatic heterocycles. The number of aryl methyl sites for hydroxylation is 2. The fraction of sp³-hybridized carbons (Fsp3) is 0.143. The summed E-state index contributed by atoms with van der Waals surface area (Å²) in [6.07, 6.45) is 0. The van der Waals surface area contributed by atoms with Gasteiger partial charge in [-0.25, -0.2) is 8.78 Å². The summed E-state index contributed by atoms with van der Waals surface area (Å²) in [7, 11) is 0. The van der Waals surface area contributed by atoms with Crippen LogP contribution in [0.3, 0.4) is 0 Å². The van der Waals surface area contributed by atoms with Gasteiger partial charge in [-0.15, -0.1) is 0 Å². The molecule has 0 saturated heterocycles. The number of pyridine rings is 1. The number of aromatic nitrogens is 1. The zero-order valence-electron chi connectivity index (χ0n) is 11.0. The zero-order valence-corrected chi connectivity index (χ0v) is 11.8. The molecule has 0 spiro atoms. The van der Waals surface area contributed by atoms with E-state index in [4.69, 9.17) is 18.0 Å². The summed E-state index contributed by atoms with van der Waals surface area (Å²) < 4.78 is 26.6. The molecule has 2 aromatic rings. The predicted octanol–water partition coefficient (Wildman–Crippen LogP) is 3.35. The number of nitrogens with zero attached hydrogens (tertiary/aromatic N) is 1. The van der Waals surface area contributed by atoms with Crippen LogP contribution in [-0.2, 0) is 0 Å². The standard InChI is InChI=1S/C14H13F2N3S/c1-7-5-12(13(14(17)20)8(2)18-7)19-11-4-3-9(15)6-10(11)16/h3-6H,1-2H3,(H2,17,20)(H,18,19). The Morgan fingerprint density at radius 2 is 1.90 bits per heavy atom. The first kappa shape index (κ1) is 14.3. The number of hydrogen-bond acceptors (Lipinski definition) is 3. The first-order valence-electron chi connectivity index (χ1n) is 5.88. The van der Waals surface area contributed by atoms with Crippen LogP contribution in [-0.4, -0.2) is 9.97 Å². The molecule has 0 saturated carbocycles. The molecular formula is C14H13F2N3S. The number of thiocarbonyl (C=S) groups is 1. The Labute approximate surface area is 120 Å². The van der Waals surface area contributed by atoms with Crippen molar-refractivity contribution in [3.8, 4) is 0 Å². The van der Waals surface area contributed by atoms with Crippen LogP contribution in [0, 0.1) is 25.5 Å². The molecule has 0 unspecified atom stereocenters. The van der Waals surface area contributed by atoms with Crippen molar-refractivity contribution in [3.05, 3.63) is 52.9 Å². The number of halogens is 2. The first-order valence-corrected chi connectivity index (χ1v) is 6.29. The van der Waals surface area contributed by atoms with E-state index in [2.05, 4.69) is 10.3 Å². The topological polar surface area (TPSA) is 50.9 Å². The maximum atomic E-state index is 13.7. The van der Waals surface area contributed by atoms with Gasteiger partial charge in [0.2, 0.25) is 0 Å². The second-order valence-electron chi connectivity index (χ2n) is 4.39. The molecule has 3 N–H and O–H groups in total. The normalized spacial score (nSPS) is 10.4. The van der Waals surface area contributed by atoms with Crippen molar-refractivity contribution >= 4 is 28.6 Å². The summed E-state index contributed by atoms with van der Waals surface area (Å²) in [6, 6.07) is 5.01. The third kappa shape index (κ3) is 2.91. The number of anilines is 2. The molecule has 0 fully saturated rings. The van der Waals surface area contributed by atoms with Crippen LogP contribution in [0.4, 0.5) is 20.2 Å². The van der Waals surface area contributed by atoms with Crippen molar-refractivity contribution in [2.75, 3.05) is 5.32 Å². The highest BCUT2D eigenvalue weighted by Gasteiger charge is 2.13. The number of rotatable bonds is 3. The summed E-state index contributed by atoms with van der Waals surface area (Å²) in [5.74, 6) is -1.32. The van der Waals surface area contributed by atoms with Crippen LogP contribution >= 0.6 is 12.2 Å². The lowest BCUT2D eigenvalue weighted by Crippen LogP contribution is -2.15. The second-order valence-corrected chi connectivity index (χ2v) is 4.82. The lowest BCUT2D eigenvalue weighted by atomic mass is 10.1. The average molecular weight is 293 g/mol. The summed E-state index contributed by atoms with van der Waals surface area (Å²) in [4.78, 5) is 4.44. The molecular weight excluding hydrogens is 280 g/mol. The summed E-state index contributed by atoms with van der Waals surface area (Å²) in [5.41, 5.74) is 8.32. The monoisotopic (exact) mass is 293 g/mol. The minimum atomic E-state index is -0.689. The number of nitrogens with two attached hydrogens (primary N) is 1. The molecule has 0 bridgehead atoms. The van der Waals surface area contributed by atoms with Crippen LogP contribution in [0.1, 0.15) is 17.0 Å². The molecule has 0 radical (unpaired) electrons. The van der Waals surface area contributed by atoms with Crippen LogP contribution in [0.25, 0.3) is 0 Å². The van der Waals surface area contributed by atoms with E-state index in [1.807, 2.05) is 6.92 Å². The lowest BCUT2D eigenvalue weighted by molar-refractivity contribution is 0.586. The number of hydrogen-bond donors (Lipinski definition) is 2. The lowest BCUT2D eigenvalue weighted by Gasteiger charge is -2.14. The maximum Gasteiger partial charge on any atom is 0.149 e. The van der Waals surface area contributed by atoms with Gasteiger partial charge < -0.3 is 11.1 Å². The smallest absolute Gasteiger partial charge is 0.149 e. The largest absolute Gasteiger partial charge is 0.389 e. The van der Waals surface area contributed by atoms with E-state index in [0.29, 0.717) is 16.9 Å². The highest BCUT2D eigenvalue weighted by molar-refractivity contribution is 7.80. The van der Waals surface area contributed by atoms with Gasteiger partial charge in [0.05, 0.1) is 16.9 Å². The third-order valence-corrected chi connectivity index (χ3v) is 2.98. The molecule has 0 amide bonds. The Morgan fingerprint density at radius 3 is 2.50 bits per heavy atom. The van der Waals surface area contributed by atoms with Gasteiger partial charge in [0.15, 0.2) is 0 Å². The number of nitrogens with one attached hydrogen (secondary N) is 1. The van der Waals surface area contributed by atoms with E-state index < -0.39 is 11.6 Å². The molecule has 1 aromatic carbocycles. The quantitative estimate of drug-likeness (QED) is 0.852. The van der Waals surface area contributed by atoms with E-state index in [-0.39, 0.29) is 10.7 Å². The van der Waals surface area contributed by atoms with Crippen LogP contribution in [0.15, 0.2) is 24.3 Å². The molecule has 104 valence electrons. The predicted molar refractivity (Wildman–Crippen MR) is 79.2 cm³/mol. The van der Waals surface area contributed by atoms with Crippen LogP contribution in [0.2, 0.25) is 0 Å². The Hall–Kier alpha value is -2.08. The van der Waals surface area contributed by atoms with Crippen molar-refractivity contribution in [1.29, 1.82) is 0 Å². The third-order valence-electron chi connectivity index (χ3n) is 2.78. The Balaban J connectivity index is 2.50. The molecule has 0 aliphatic carbocycles. The van der Waals surface area contributed by atoms with Gasteiger partial charge >= 0.3 is 0 Å². The Bertz CT molecular complexity index is 686. The van der Waals surface area contributed by atoms with E-state index in [9.17, 15) is 8.78 Å². The maximum absolute atomic E-state index is 13.7. The fourth-order valence-corrected chi connectivity index (χ4v) is 2.23. The van der Waals surface area contributed by atoms with E-state index in [0.717, 1.165) is 11.8 Å². The highest BCUT2D eigenvalue weighted by atomic mass is 32.1. The van der Waals surface area contributed by atoms with Gasteiger partial charge in [-0.2, -0.15) is 0 Å². The van der Waals surface area contributed by atoms with Crippen molar-refractivity contribution in [3.63, 3.8) is 0 Å². The van der Waals surface area contributed by atoms with E-state index >= 15 is 0 Å². The van der Waals surface area contributed by atoms with Crippen LogP contribution in [0.5, 0.6) is 0 Å². The first-order chi connectivity index (χ1) is 9.38. The molecule has 0 aliphatic rings. The second kappa shape index (κ2) is 5.50. The zero-order chi connectivity index (χ0) is 14.9.